The zero-order valence-electron chi connectivity index (χ0n) is 29.2. The van der Waals surface area contributed by atoms with Crippen molar-refractivity contribution in [3.63, 3.8) is 0 Å². The van der Waals surface area contributed by atoms with Crippen LogP contribution in [0.1, 0.15) is 144 Å². The Morgan fingerprint density at radius 2 is 0.350 bits per heavy atom. The molecule has 0 aliphatic heterocycles. The summed E-state index contributed by atoms with van der Waals surface area (Å²) in [4.78, 5) is 57.9. The van der Waals surface area contributed by atoms with Gasteiger partial charge in [0.25, 0.3) is 0 Å². The molecule has 0 spiro atoms. The summed E-state index contributed by atoms with van der Waals surface area (Å²) in [7, 11) is 0. The second-order valence-corrected chi connectivity index (χ2v) is 16.7. The first-order valence-corrected chi connectivity index (χ1v) is 14.0. The Balaban J connectivity index is -0.000000240. The summed E-state index contributed by atoms with van der Waals surface area (Å²) in [6.07, 6.45) is 0.854. The minimum absolute atomic E-state index is 0. The summed E-state index contributed by atoms with van der Waals surface area (Å²) < 4.78 is 0. The van der Waals surface area contributed by atoms with Crippen LogP contribution < -0.4 is 0 Å². The van der Waals surface area contributed by atoms with Crippen molar-refractivity contribution in [1.82, 2.24) is 0 Å². The fourth-order valence-corrected chi connectivity index (χ4v) is 2.07. The fraction of sp³-hybridized carbons (Fsp3) is 0.818. The van der Waals surface area contributed by atoms with Crippen molar-refractivity contribution in [1.29, 1.82) is 0 Å². The summed E-state index contributed by atoms with van der Waals surface area (Å²) in [6.45, 7) is 34.7. The molecule has 0 heterocycles. The first kappa shape index (κ1) is 46.3. The molecule has 0 aromatic carbocycles. The van der Waals surface area contributed by atoms with Gasteiger partial charge in [-0.2, -0.15) is 0 Å². The summed E-state index contributed by atoms with van der Waals surface area (Å²) >= 11 is 0. The van der Waals surface area contributed by atoms with E-state index >= 15 is 0 Å². The molecular weight excluding hydrogens is 643 g/mol. The molecule has 0 amide bonds. The van der Waals surface area contributed by atoms with Crippen molar-refractivity contribution in [2.24, 2.45) is 32.5 Å². The summed E-state index contributed by atoms with van der Waals surface area (Å²) in [5.41, 5.74) is -1.50. The summed E-state index contributed by atoms with van der Waals surface area (Å²) in [6, 6.07) is 0. The predicted octanol–water partition coefficient (Wildman–Crippen LogP) is 7.68. The maximum atomic E-state index is 9.66. The van der Waals surface area contributed by atoms with Crippen LogP contribution in [0, 0.1) is 72.9 Å². The molecule has 0 atom stereocenters. The molecule has 40 heavy (non-hydrogen) atoms. The summed E-state index contributed by atoms with van der Waals surface area (Å²) in [5, 5.41) is 0. The number of hydrogen-bond acceptors (Lipinski definition) is 0. The van der Waals surface area contributed by atoms with Gasteiger partial charge in [-0.25, -0.2) is 0 Å². The first-order chi connectivity index (χ1) is 16.6. The third-order valence-corrected chi connectivity index (χ3v) is 6.20. The van der Waals surface area contributed by atoms with Gasteiger partial charge in [0.15, 0.2) is 19.3 Å². The average molecular weight is 709 g/mol. The molecule has 6 nitrogen and oxygen atoms in total. The molecule has 0 aromatic heterocycles. The summed E-state index contributed by atoms with van der Waals surface area (Å²) in [5.74, 6) is 2.00. The Morgan fingerprint density at radius 1 is 0.275 bits per heavy atom. The molecule has 0 rings (SSSR count). The van der Waals surface area contributed by atoms with Crippen molar-refractivity contribution < 1.29 is 69.2 Å². The number of hydrogen-bond donors (Lipinski definition) is 0. The first-order valence-electron chi connectivity index (χ1n) is 14.0. The van der Waals surface area contributed by atoms with E-state index in [1.807, 2.05) is 125 Å². The predicted molar refractivity (Wildman–Crippen MR) is 172 cm³/mol. The zero-order valence-corrected chi connectivity index (χ0v) is 31.8. The molecule has 0 unspecified atom stereocenters. The SMILES string of the molecule is CC(C)(C)C(=[OH+])CC(=[OH+])C(C)(C)C.CC(C)(C)C(=[OH+])CC(=[OH+])C(C)(C)C.CC(C)(C)C(=[OH+])CC(=[OH+])C(C)(C)C.[Sm]. The molecule has 7 heteroatoms. The largest absolute Gasteiger partial charge is 0.311 e. The van der Waals surface area contributed by atoms with E-state index in [9.17, 15) is 28.8 Å². The van der Waals surface area contributed by atoms with Crippen LogP contribution in [-0.2, 0) is 0 Å². The molecule has 234 valence electrons. The van der Waals surface area contributed by atoms with E-state index < -0.39 is 0 Å². The van der Waals surface area contributed by atoms with Gasteiger partial charge in [-0.15, -0.1) is 0 Å². The molecule has 0 saturated carbocycles. The third-order valence-electron chi connectivity index (χ3n) is 6.20. The van der Waals surface area contributed by atoms with Crippen LogP contribution in [0.15, 0.2) is 0 Å². The minimum Gasteiger partial charge on any atom is -0.282 e. The maximum Gasteiger partial charge on any atom is 0.311 e. The van der Waals surface area contributed by atoms with Crippen molar-refractivity contribution in [2.45, 2.75) is 144 Å². The Morgan fingerprint density at radius 3 is 0.400 bits per heavy atom. The van der Waals surface area contributed by atoms with Crippen molar-refractivity contribution in [3.05, 3.63) is 0 Å². The van der Waals surface area contributed by atoms with Crippen LogP contribution in [0.2, 0.25) is 0 Å². The average Bonchev–Trinajstić information content (AvgIpc) is 2.64. The van der Waals surface area contributed by atoms with Gasteiger partial charge in [0.2, 0.25) is 0 Å². The molecule has 0 radical (unpaired) electrons. The molecule has 0 aliphatic rings. The standard InChI is InChI=1S/3C11H20O2.Sm/c3*1-10(2,3)8(12)7-9(13)11(4,5)6;/h3*7H2,1-6H3;/p+6. The number of ketones is 6. The molecule has 0 saturated heterocycles. The van der Waals surface area contributed by atoms with Crippen molar-refractivity contribution in [2.75, 3.05) is 0 Å². The monoisotopic (exact) mass is 710 g/mol. The van der Waals surface area contributed by atoms with E-state index in [4.69, 9.17) is 0 Å². The normalized spacial score (nSPS) is 12.4. The van der Waals surface area contributed by atoms with Gasteiger partial charge in [0.1, 0.15) is 0 Å². The van der Waals surface area contributed by atoms with Crippen LogP contribution in [0.5, 0.6) is 0 Å². The van der Waals surface area contributed by atoms with E-state index in [2.05, 4.69) is 0 Å². The maximum absolute atomic E-state index is 9.66. The smallest absolute Gasteiger partial charge is 0.282 e. The molecule has 0 fully saturated rings. The minimum atomic E-state index is -0.251. The van der Waals surface area contributed by atoms with Gasteiger partial charge in [-0.05, 0) is 125 Å². The topological polar surface area (TPSA) is 128 Å². The van der Waals surface area contributed by atoms with Crippen LogP contribution in [0.3, 0.4) is 0 Å². The second kappa shape index (κ2) is 16.9. The van der Waals surface area contributed by atoms with Crippen molar-refractivity contribution in [3.8, 4) is 0 Å². The van der Waals surface area contributed by atoms with Crippen molar-refractivity contribution >= 4 is 34.7 Å². The van der Waals surface area contributed by atoms with Gasteiger partial charge in [0, 0.05) is 40.4 Å². The van der Waals surface area contributed by atoms with E-state index in [0.29, 0.717) is 34.7 Å². The molecule has 0 aromatic rings. The van der Waals surface area contributed by atoms with E-state index in [1.165, 1.54) is 0 Å². The van der Waals surface area contributed by atoms with Crippen LogP contribution in [0.4, 0.5) is 0 Å². The van der Waals surface area contributed by atoms with Gasteiger partial charge in [0.05, 0.1) is 32.5 Å². The van der Waals surface area contributed by atoms with E-state index in [0.717, 1.165) is 0 Å². The van der Waals surface area contributed by atoms with Crippen LogP contribution in [0.25, 0.3) is 0 Å². The van der Waals surface area contributed by atoms with Gasteiger partial charge in [-0.3, -0.25) is 28.8 Å². The number of rotatable bonds is 6. The Hall–Kier alpha value is -0.642. The molecule has 0 bridgehead atoms. The Labute approximate surface area is 278 Å². The van der Waals surface area contributed by atoms with E-state index in [-0.39, 0.29) is 92.1 Å². The Kier molecular flexibility index (Phi) is 19.5. The quantitative estimate of drug-likeness (QED) is 0.198. The molecule has 0 aliphatic carbocycles. The van der Waals surface area contributed by atoms with Crippen LogP contribution >= 0.6 is 0 Å². The third kappa shape index (κ3) is 22.0. The van der Waals surface area contributed by atoms with Gasteiger partial charge >= 0.3 is 34.7 Å². The zero-order chi connectivity index (χ0) is 32.6. The second-order valence-electron chi connectivity index (χ2n) is 16.7. The number of carbonyl (C=O) groups excluding carboxylic acids is 6. The molecule has 6 N–H and O–H groups in total. The van der Waals surface area contributed by atoms with E-state index in [1.54, 1.807) is 0 Å². The molecular formula is C33H66O6Sm+6. The fourth-order valence-electron chi connectivity index (χ4n) is 2.07. The van der Waals surface area contributed by atoms with Crippen LogP contribution in [-0.4, -0.2) is 63.5 Å². The Bertz CT molecular complexity index is 693. The van der Waals surface area contributed by atoms with Gasteiger partial charge in [-0.1, -0.05) is 0 Å². The van der Waals surface area contributed by atoms with Gasteiger partial charge < -0.3 is 0 Å².